The number of likely N-dealkylation sites (N-methyl/N-ethyl adjacent to an activating group) is 1. The van der Waals surface area contributed by atoms with Crippen LogP contribution in [-0.2, 0) is 9.53 Å². The van der Waals surface area contributed by atoms with Gasteiger partial charge >= 0.3 is 0 Å². The maximum Gasteiger partial charge on any atom is 0.252 e. The van der Waals surface area contributed by atoms with Crippen LogP contribution in [0.1, 0.15) is 0 Å². The average Bonchev–Trinajstić information content (AvgIpc) is 2.38. The molecule has 0 spiro atoms. The zero-order chi connectivity index (χ0) is 12.7. The minimum absolute atomic E-state index is 0.0326. The summed E-state index contributed by atoms with van der Waals surface area (Å²) in [6.45, 7) is 0.832. The van der Waals surface area contributed by atoms with E-state index in [0.29, 0.717) is 18.9 Å². The van der Waals surface area contributed by atoms with E-state index in [1.54, 1.807) is 20.2 Å². The highest BCUT2D eigenvalue weighted by molar-refractivity contribution is 5.93. The lowest BCUT2D eigenvalue weighted by Crippen LogP contribution is -2.30. The maximum atomic E-state index is 11.7. The van der Waals surface area contributed by atoms with E-state index in [-0.39, 0.29) is 12.5 Å². The van der Waals surface area contributed by atoms with E-state index in [4.69, 9.17) is 15.2 Å². The van der Waals surface area contributed by atoms with Gasteiger partial charge in [-0.2, -0.15) is 0 Å². The number of carbonyl (C=O) groups excluding carboxylic acids is 1. The number of hydrogen-bond donors (Lipinski definition) is 1. The van der Waals surface area contributed by atoms with Gasteiger partial charge in [0.05, 0.1) is 13.7 Å². The van der Waals surface area contributed by atoms with Crippen LogP contribution < -0.4 is 15.4 Å². The normalized spacial score (nSPS) is 10.1. The number of nitrogens with two attached hydrogens (primary N) is 1. The Morgan fingerprint density at radius 2 is 2.24 bits per heavy atom. The first-order valence-corrected chi connectivity index (χ1v) is 5.37. The van der Waals surface area contributed by atoms with E-state index in [1.165, 1.54) is 4.90 Å². The van der Waals surface area contributed by atoms with Crippen LogP contribution in [0.5, 0.6) is 5.75 Å². The molecule has 0 aliphatic heterocycles. The number of anilines is 1. The van der Waals surface area contributed by atoms with E-state index >= 15 is 0 Å². The summed E-state index contributed by atoms with van der Waals surface area (Å²) in [6, 6.07) is 7.29. The summed E-state index contributed by atoms with van der Waals surface area (Å²) in [5, 5.41) is 0. The molecule has 0 aromatic heterocycles. The van der Waals surface area contributed by atoms with Gasteiger partial charge in [0.1, 0.15) is 12.4 Å². The van der Waals surface area contributed by atoms with Gasteiger partial charge in [0.2, 0.25) is 0 Å². The fraction of sp³-hybridized carbons (Fsp3) is 0.417. The summed E-state index contributed by atoms with van der Waals surface area (Å²) >= 11 is 0. The summed E-state index contributed by atoms with van der Waals surface area (Å²) in [5.74, 6) is 0.594. The predicted octanol–water partition coefficient (Wildman–Crippen LogP) is 0.633. The molecular formula is C12H18N2O3. The second-order valence-electron chi connectivity index (χ2n) is 3.50. The third-order valence-electron chi connectivity index (χ3n) is 2.30. The van der Waals surface area contributed by atoms with Crippen LogP contribution in [0.4, 0.5) is 5.69 Å². The molecule has 0 heterocycles. The Morgan fingerprint density at radius 3 is 2.88 bits per heavy atom. The maximum absolute atomic E-state index is 11.7. The Morgan fingerprint density at radius 1 is 1.47 bits per heavy atom. The lowest BCUT2D eigenvalue weighted by atomic mass is 10.3. The van der Waals surface area contributed by atoms with Gasteiger partial charge in [0.15, 0.2) is 0 Å². The quantitative estimate of drug-likeness (QED) is 0.738. The molecule has 0 fully saturated rings. The highest BCUT2D eigenvalue weighted by Gasteiger charge is 2.11. The van der Waals surface area contributed by atoms with Crippen LogP contribution >= 0.6 is 0 Å². The first-order valence-electron chi connectivity index (χ1n) is 5.37. The molecule has 1 aromatic rings. The zero-order valence-corrected chi connectivity index (χ0v) is 10.2. The van der Waals surface area contributed by atoms with Crippen molar-refractivity contribution in [3.8, 4) is 5.75 Å². The first kappa shape index (κ1) is 13.5. The minimum Gasteiger partial charge on any atom is -0.497 e. The second-order valence-corrected chi connectivity index (χ2v) is 3.50. The summed E-state index contributed by atoms with van der Waals surface area (Å²) < 4.78 is 10.2. The Kier molecular flexibility index (Phi) is 5.45. The van der Waals surface area contributed by atoms with Crippen molar-refractivity contribution in [1.82, 2.24) is 0 Å². The molecule has 0 unspecified atom stereocenters. The molecule has 5 nitrogen and oxygen atoms in total. The largest absolute Gasteiger partial charge is 0.497 e. The smallest absolute Gasteiger partial charge is 0.252 e. The van der Waals surface area contributed by atoms with E-state index in [1.807, 2.05) is 18.2 Å². The van der Waals surface area contributed by atoms with Crippen molar-refractivity contribution >= 4 is 11.6 Å². The van der Waals surface area contributed by atoms with Crippen molar-refractivity contribution in [2.45, 2.75) is 0 Å². The van der Waals surface area contributed by atoms with Gasteiger partial charge in [-0.05, 0) is 12.1 Å². The van der Waals surface area contributed by atoms with Crippen LogP contribution in [-0.4, -0.2) is 39.8 Å². The van der Waals surface area contributed by atoms with E-state index in [9.17, 15) is 4.79 Å². The molecule has 1 rings (SSSR count). The minimum atomic E-state index is -0.119. The van der Waals surface area contributed by atoms with Gasteiger partial charge in [0, 0.05) is 25.3 Å². The van der Waals surface area contributed by atoms with Crippen LogP contribution in [0.2, 0.25) is 0 Å². The number of nitrogens with zero attached hydrogens (tertiary/aromatic N) is 1. The summed E-state index contributed by atoms with van der Waals surface area (Å²) in [4.78, 5) is 13.3. The van der Waals surface area contributed by atoms with Crippen LogP contribution in [0.15, 0.2) is 24.3 Å². The van der Waals surface area contributed by atoms with Crippen molar-refractivity contribution in [1.29, 1.82) is 0 Å². The zero-order valence-electron chi connectivity index (χ0n) is 10.2. The number of hydrogen-bond acceptors (Lipinski definition) is 4. The molecule has 0 aliphatic carbocycles. The molecule has 2 N–H and O–H groups in total. The Balaban J connectivity index is 2.61. The molecule has 0 bridgehead atoms. The molecule has 1 aromatic carbocycles. The Labute approximate surface area is 101 Å². The molecule has 0 aliphatic rings. The number of amides is 1. The fourth-order valence-corrected chi connectivity index (χ4v) is 1.30. The fourth-order valence-electron chi connectivity index (χ4n) is 1.30. The van der Waals surface area contributed by atoms with Crippen LogP contribution in [0, 0.1) is 0 Å². The third kappa shape index (κ3) is 4.05. The monoisotopic (exact) mass is 238 g/mol. The SMILES string of the molecule is COc1cccc(N(C)C(=O)COCCN)c1. The lowest BCUT2D eigenvalue weighted by Gasteiger charge is -2.17. The van der Waals surface area contributed by atoms with Gasteiger partial charge in [-0.15, -0.1) is 0 Å². The van der Waals surface area contributed by atoms with Crippen molar-refractivity contribution in [3.05, 3.63) is 24.3 Å². The number of benzene rings is 1. The highest BCUT2D eigenvalue weighted by Crippen LogP contribution is 2.19. The van der Waals surface area contributed by atoms with Crippen LogP contribution in [0.3, 0.4) is 0 Å². The van der Waals surface area contributed by atoms with Gasteiger partial charge in [-0.3, -0.25) is 4.79 Å². The topological polar surface area (TPSA) is 64.8 Å². The van der Waals surface area contributed by atoms with E-state index < -0.39 is 0 Å². The van der Waals surface area contributed by atoms with E-state index in [0.717, 1.165) is 5.69 Å². The van der Waals surface area contributed by atoms with Crippen molar-refractivity contribution in [2.75, 3.05) is 38.8 Å². The average molecular weight is 238 g/mol. The standard InChI is InChI=1S/C12H18N2O3/c1-14(12(15)9-17-7-6-13)10-4-3-5-11(8-10)16-2/h3-5,8H,6-7,9,13H2,1-2H3. The lowest BCUT2D eigenvalue weighted by molar-refractivity contribution is -0.122. The molecular weight excluding hydrogens is 220 g/mol. The van der Waals surface area contributed by atoms with Crippen LogP contribution in [0.25, 0.3) is 0 Å². The molecule has 5 heteroatoms. The summed E-state index contributed by atoms with van der Waals surface area (Å²) in [7, 11) is 3.29. The molecule has 0 radical (unpaired) electrons. The van der Waals surface area contributed by atoms with Gasteiger partial charge in [-0.25, -0.2) is 0 Å². The number of carbonyl (C=O) groups is 1. The first-order chi connectivity index (χ1) is 8.19. The molecule has 94 valence electrons. The predicted molar refractivity (Wildman–Crippen MR) is 66.3 cm³/mol. The molecule has 0 atom stereocenters. The Bertz CT molecular complexity index is 369. The molecule has 1 amide bonds. The number of methoxy groups -OCH3 is 1. The summed E-state index contributed by atoms with van der Waals surface area (Å²) in [6.07, 6.45) is 0. The van der Waals surface area contributed by atoms with Gasteiger partial charge in [-0.1, -0.05) is 6.07 Å². The molecule has 0 saturated heterocycles. The van der Waals surface area contributed by atoms with E-state index in [2.05, 4.69) is 0 Å². The van der Waals surface area contributed by atoms with Gasteiger partial charge < -0.3 is 20.1 Å². The second kappa shape index (κ2) is 6.88. The Hall–Kier alpha value is -1.59. The number of ether oxygens (including phenoxy) is 2. The number of rotatable bonds is 6. The van der Waals surface area contributed by atoms with Gasteiger partial charge in [0.25, 0.3) is 5.91 Å². The molecule has 17 heavy (non-hydrogen) atoms. The van der Waals surface area contributed by atoms with Crippen molar-refractivity contribution < 1.29 is 14.3 Å². The molecule has 0 saturated carbocycles. The summed E-state index contributed by atoms with van der Waals surface area (Å²) in [5.41, 5.74) is 6.04. The van der Waals surface area contributed by atoms with Crippen molar-refractivity contribution in [3.63, 3.8) is 0 Å². The highest BCUT2D eigenvalue weighted by atomic mass is 16.5. The van der Waals surface area contributed by atoms with Crippen molar-refractivity contribution in [2.24, 2.45) is 5.73 Å². The third-order valence-corrected chi connectivity index (χ3v) is 2.30.